The molecule has 1 aromatic heterocycles. The minimum Gasteiger partial charge on any atom is -0.351 e. The largest absolute Gasteiger partial charge is 0.351 e. The molecule has 0 radical (unpaired) electrons. The van der Waals surface area contributed by atoms with Gasteiger partial charge in [-0.3, -0.25) is 4.79 Å². The van der Waals surface area contributed by atoms with Crippen LogP contribution in [0.4, 0.5) is 0 Å². The highest BCUT2D eigenvalue weighted by molar-refractivity contribution is 7.13. The van der Waals surface area contributed by atoms with E-state index in [0.29, 0.717) is 5.92 Å². The molecule has 0 atom stereocenters. The number of nitrogens with one attached hydrogen (secondary N) is 1. The second kappa shape index (κ2) is 4.95. The Balaban J connectivity index is 1.98. The van der Waals surface area contributed by atoms with Gasteiger partial charge in [-0.15, -0.1) is 11.3 Å². The van der Waals surface area contributed by atoms with Gasteiger partial charge in [-0.05, 0) is 26.2 Å². The molecular formula is C12H18N2OS. The molecule has 0 bridgehead atoms. The summed E-state index contributed by atoms with van der Waals surface area (Å²) in [7, 11) is 0. The van der Waals surface area contributed by atoms with Crippen LogP contribution in [0.5, 0.6) is 0 Å². The van der Waals surface area contributed by atoms with Gasteiger partial charge in [-0.2, -0.15) is 0 Å². The number of carbonyl (C=O) groups is 1. The summed E-state index contributed by atoms with van der Waals surface area (Å²) in [5.74, 6) is 0.691. The molecule has 1 aliphatic rings. The van der Waals surface area contributed by atoms with Crippen molar-refractivity contribution in [2.45, 2.75) is 45.4 Å². The molecule has 1 aliphatic carbocycles. The smallest absolute Gasteiger partial charge is 0.263 e. The second-order valence-corrected chi connectivity index (χ2v) is 5.38. The summed E-state index contributed by atoms with van der Waals surface area (Å²) >= 11 is 1.57. The summed E-state index contributed by atoms with van der Waals surface area (Å²) in [4.78, 5) is 17.1. The molecule has 1 N–H and O–H groups in total. The van der Waals surface area contributed by atoms with Crippen molar-refractivity contribution in [3.8, 4) is 0 Å². The van der Waals surface area contributed by atoms with Crippen LogP contribution < -0.4 is 5.32 Å². The van der Waals surface area contributed by atoms with Gasteiger partial charge in [0.15, 0.2) is 0 Å². The molecule has 0 spiro atoms. The molecule has 1 heterocycles. The van der Waals surface area contributed by atoms with Crippen LogP contribution in [0.2, 0.25) is 0 Å². The molecule has 1 aromatic rings. The number of thiazole rings is 1. The highest BCUT2D eigenvalue weighted by Crippen LogP contribution is 2.42. The highest BCUT2D eigenvalue weighted by atomic mass is 32.1. The molecule has 0 aliphatic heterocycles. The van der Waals surface area contributed by atoms with Gasteiger partial charge in [0.25, 0.3) is 5.91 Å². The lowest BCUT2D eigenvalue weighted by atomic mass is 10.3. The Hall–Kier alpha value is -0.900. The lowest BCUT2D eigenvalue weighted by Gasteiger charge is -2.01. The molecule has 3 nitrogen and oxygen atoms in total. The van der Waals surface area contributed by atoms with Crippen LogP contribution in [-0.4, -0.2) is 17.4 Å². The summed E-state index contributed by atoms with van der Waals surface area (Å²) in [6, 6.07) is 0. The fourth-order valence-electron chi connectivity index (χ4n) is 1.59. The van der Waals surface area contributed by atoms with Gasteiger partial charge >= 0.3 is 0 Å². The molecule has 0 saturated heterocycles. The predicted molar refractivity (Wildman–Crippen MR) is 66.1 cm³/mol. The van der Waals surface area contributed by atoms with Crippen molar-refractivity contribution in [3.05, 3.63) is 15.6 Å². The molecule has 88 valence electrons. The van der Waals surface area contributed by atoms with E-state index in [2.05, 4.69) is 17.2 Å². The van der Waals surface area contributed by atoms with E-state index in [-0.39, 0.29) is 5.91 Å². The normalized spacial score (nSPS) is 15.1. The number of unbranched alkanes of at least 4 members (excludes halogenated alkanes) is 1. The van der Waals surface area contributed by atoms with E-state index in [4.69, 9.17) is 0 Å². The quantitative estimate of drug-likeness (QED) is 0.801. The molecule has 0 unspecified atom stereocenters. The van der Waals surface area contributed by atoms with Gasteiger partial charge in [-0.1, -0.05) is 13.3 Å². The lowest BCUT2D eigenvalue weighted by molar-refractivity contribution is 0.0956. The number of hydrogen-bond acceptors (Lipinski definition) is 3. The Morgan fingerprint density at radius 3 is 2.94 bits per heavy atom. The molecule has 16 heavy (non-hydrogen) atoms. The lowest BCUT2D eigenvalue weighted by Crippen LogP contribution is -2.24. The van der Waals surface area contributed by atoms with Gasteiger partial charge < -0.3 is 5.32 Å². The molecule has 4 heteroatoms. The minimum atomic E-state index is 0.0513. The van der Waals surface area contributed by atoms with Crippen molar-refractivity contribution in [2.75, 3.05) is 6.54 Å². The Bertz CT molecular complexity index is 382. The highest BCUT2D eigenvalue weighted by Gasteiger charge is 2.28. The van der Waals surface area contributed by atoms with Crippen molar-refractivity contribution in [3.63, 3.8) is 0 Å². The van der Waals surface area contributed by atoms with Crippen molar-refractivity contribution in [2.24, 2.45) is 0 Å². The average Bonchev–Trinajstić information content (AvgIpc) is 3.03. The Kier molecular flexibility index (Phi) is 3.59. The second-order valence-electron chi connectivity index (χ2n) is 4.35. The molecule has 1 saturated carbocycles. The number of nitrogens with zero attached hydrogens (tertiary/aromatic N) is 1. The zero-order valence-electron chi connectivity index (χ0n) is 9.88. The van der Waals surface area contributed by atoms with E-state index in [9.17, 15) is 4.79 Å². The zero-order chi connectivity index (χ0) is 11.5. The van der Waals surface area contributed by atoms with Crippen LogP contribution >= 0.6 is 11.3 Å². The van der Waals surface area contributed by atoms with Crippen molar-refractivity contribution < 1.29 is 4.79 Å². The van der Waals surface area contributed by atoms with E-state index in [1.54, 1.807) is 11.3 Å². The first-order valence-electron chi connectivity index (χ1n) is 5.98. The maximum absolute atomic E-state index is 11.9. The molecule has 0 aromatic carbocycles. The number of aryl methyl sites for hydroxylation is 1. The number of rotatable bonds is 5. The van der Waals surface area contributed by atoms with Gasteiger partial charge in [0.1, 0.15) is 4.88 Å². The summed E-state index contributed by atoms with van der Waals surface area (Å²) in [5, 5.41) is 4.10. The van der Waals surface area contributed by atoms with Crippen LogP contribution in [0, 0.1) is 6.92 Å². The first kappa shape index (κ1) is 11.6. The number of aromatic nitrogens is 1. The number of carbonyl (C=O) groups excluding carboxylic acids is 1. The molecule has 1 fully saturated rings. The van der Waals surface area contributed by atoms with Crippen molar-refractivity contribution in [1.29, 1.82) is 0 Å². The maximum Gasteiger partial charge on any atom is 0.263 e. The van der Waals surface area contributed by atoms with Gasteiger partial charge in [0.05, 0.1) is 10.7 Å². The van der Waals surface area contributed by atoms with Gasteiger partial charge in [-0.25, -0.2) is 4.98 Å². The summed E-state index contributed by atoms with van der Waals surface area (Å²) in [5.41, 5.74) is 0.890. The molecule has 1 amide bonds. The Morgan fingerprint density at radius 1 is 1.56 bits per heavy atom. The van der Waals surface area contributed by atoms with Crippen LogP contribution in [0.15, 0.2) is 0 Å². The summed E-state index contributed by atoms with van der Waals surface area (Å²) in [6.07, 6.45) is 4.63. The van der Waals surface area contributed by atoms with Gasteiger partial charge in [0.2, 0.25) is 0 Å². The monoisotopic (exact) mass is 238 g/mol. The van der Waals surface area contributed by atoms with Crippen LogP contribution in [0.25, 0.3) is 0 Å². The summed E-state index contributed by atoms with van der Waals surface area (Å²) < 4.78 is 0. The third-order valence-corrected chi connectivity index (χ3v) is 4.08. The fraction of sp³-hybridized carbons (Fsp3) is 0.667. The molecular weight excluding hydrogens is 220 g/mol. The average molecular weight is 238 g/mol. The first-order chi connectivity index (χ1) is 7.72. The third-order valence-electron chi connectivity index (χ3n) is 2.76. The predicted octanol–water partition coefficient (Wildman–Crippen LogP) is 2.86. The summed E-state index contributed by atoms with van der Waals surface area (Å²) in [6.45, 7) is 4.82. The van der Waals surface area contributed by atoms with E-state index in [0.717, 1.165) is 35.0 Å². The minimum absolute atomic E-state index is 0.0513. The third kappa shape index (κ3) is 2.61. The van der Waals surface area contributed by atoms with Crippen molar-refractivity contribution in [1.82, 2.24) is 10.3 Å². The number of amides is 1. The fourth-order valence-corrected chi connectivity index (χ4v) is 2.74. The van der Waals surface area contributed by atoms with Gasteiger partial charge in [0, 0.05) is 12.5 Å². The van der Waals surface area contributed by atoms with Crippen LogP contribution in [-0.2, 0) is 0 Å². The maximum atomic E-state index is 11.9. The number of hydrogen-bond donors (Lipinski definition) is 1. The first-order valence-corrected chi connectivity index (χ1v) is 6.79. The van der Waals surface area contributed by atoms with E-state index in [1.807, 2.05) is 6.92 Å². The Morgan fingerprint density at radius 2 is 2.31 bits per heavy atom. The van der Waals surface area contributed by atoms with Crippen LogP contribution in [0.1, 0.15) is 58.9 Å². The van der Waals surface area contributed by atoms with E-state index in [1.165, 1.54) is 12.8 Å². The van der Waals surface area contributed by atoms with Crippen molar-refractivity contribution >= 4 is 17.2 Å². The van der Waals surface area contributed by atoms with E-state index >= 15 is 0 Å². The van der Waals surface area contributed by atoms with Crippen LogP contribution in [0.3, 0.4) is 0 Å². The zero-order valence-corrected chi connectivity index (χ0v) is 10.7. The standard InChI is InChI=1S/C12H18N2OS/c1-3-4-7-13-11(15)10-8(2)14-12(16-10)9-5-6-9/h9H,3-7H2,1-2H3,(H,13,15). The topological polar surface area (TPSA) is 42.0 Å². The Labute approximate surface area is 100 Å². The molecule has 2 rings (SSSR count). The van der Waals surface area contributed by atoms with E-state index < -0.39 is 0 Å². The SMILES string of the molecule is CCCCNC(=O)c1sc(C2CC2)nc1C.